The maximum absolute atomic E-state index is 12.8. The van der Waals surface area contributed by atoms with Crippen molar-refractivity contribution in [3.05, 3.63) is 70.4 Å². The summed E-state index contributed by atoms with van der Waals surface area (Å²) in [6, 6.07) is 13.7. The lowest BCUT2D eigenvalue weighted by atomic mass is 9.94. The molecule has 1 aromatic carbocycles. The molecule has 0 saturated heterocycles. The molecular formula is C25H26N4O3S. The van der Waals surface area contributed by atoms with Crippen LogP contribution in [0, 0.1) is 17.2 Å². The summed E-state index contributed by atoms with van der Waals surface area (Å²) in [4.78, 5) is 32.2. The highest BCUT2D eigenvalue weighted by atomic mass is 32.2. The van der Waals surface area contributed by atoms with Crippen LogP contribution in [-0.4, -0.2) is 47.3 Å². The van der Waals surface area contributed by atoms with Gasteiger partial charge < -0.3 is 15.0 Å². The lowest BCUT2D eigenvalue weighted by Gasteiger charge is -2.28. The minimum absolute atomic E-state index is 0.0626. The number of pyridine rings is 1. The van der Waals surface area contributed by atoms with E-state index < -0.39 is 0 Å². The highest BCUT2D eigenvalue weighted by molar-refractivity contribution is 8.04. The first-order valence-electron chi connectivity index (χ1n) is 10.9. The molecule has 4 rings (SSSR count). The fourth-order valence-electron chi connectivity index (χ4n) is 4.17. The molecule has 0 spiro atoms. The molecule has 170 valence electrons. The van der Waals surface area contributed by atoms with Crippen molar-refractivity contribution < 1.29 is 14.3 Å². The van der Waals surface area contributed by atoms with Crippen LogP contribution < -0.4 is 10.1 Å². The molecule has 33 heavy (non-hydrogen) atoms. The Bertz CT molecular complexity index is 1100. The van der Waals surface area contributed by atoms with Gasteiger partial charge in [0.2, 0.25) is 11.8 Å². The zero-order chi connectivity index (χ0) is 23.2. The number of hydrogen-bond donors (Lipinski definition) is 1. The van der Waals surface area contributed by atoms with E-state index in [0.29, 0.717) is 38.8 Å². The average molecular weight is 463 g/mol. The number of nitrogens with zero attached hydrogens (tertiary/aromatic N) is 3. The van der Waals surface area contributed by atoms with Crippen molar-refractivity contribution >= 4 is 23.6 Å². The molecule has 2 unspecified atom stereocenters. The Morgan fingerprint density at radius 3 is 2.85 bits per heavy atom. The van der Waals surface area contributed by atoms with Gasteiger partial charge in [0.15, 0.2) is 0 Å². The van der Waals surface area contributed by atoms with Crippen molar-refractivity contribution in [2.24, 2.45) is 5.92 Å². The smallest absolute Gasteiger partial charge is 0.227 e. The van der Waals surface area contributed by atoms with E-state index in [1.165, 1.54) is 11.8 Å². The van der Waals surface area contributed by atoms with Crippen LogP contribution in [0.25, 0.3) is 0 Å². The van der Waals surface area contributed by atoms with E-state index in [-0.39, 0.29) is 23.1 Å². The SMILES string of the molecule is COc1cccc(CCC(=O)NC2SC3=C(CCN(C(=O)Cc4ccncc4)C3)C2C#N)c1. The van der Waals surface area contributed by atoms with E-state index in [4.69, 9.17) is 4.74 Å². The Kier molecular flexibility index (Phi) is 7.30. The van der Waals surface area contributed by atoms with Gasteiger partial charge >= 0.3 is 0 Å². The maximum Gasteiger partial charge on any atom is 0.227 e. The Balaban J connectivity index is 1.32. The summed E-state index contributed by atoms with van der Waals surface area (Å²) in [5.41, 5.74) is 3.03. The predicted octanol–water partition coefficient (Wildman–Crippen LogP) is 3.08. The highest BCUT2D eigenvalue weighted by Gasteiger charge is 2.39. The summed E-state index contributed by atoms with van der Waals surface area (Å²) in [6.07, 6.45) is 5.31. The predicted molar refractivity (Wildman–Crippen MR) is 126 cm³/mol. The quantitative estimate of drug-likeness (QED) is 0.680. The van der Waals surface area contributed by atoms with Crippen LogP contribution in [0.2, 0.25) is 0 Å². The van der Waals surface area contributed by atoms with E-state index in [2.05, 4.69) is 16.4 Å². The van der Waals surface area contributed by atoms with Gasteiger partial charge in [-0.1, -0.05) is 12.1 Å². The van der Waals surface area contributed by atoms with Gasteiger partial charge in [-0.15, -0.1) is 11.8 Å². The Hall–Kier alpha value is -3.31. The molecule has 1 N–H and O–H groups in total. The van der Waals surface area contributed by atoms with Crippen molar-refractivity contribution in [3.8, 4) is 11.8 Å². The summed E-state index contributed by atoms with van der Waals surface area (Å²) in [7, 11) is 1.62. The number of carbonyl (C=O) groups is 2. The second-order valence-electron chi connectivity index (χ2n) is 8.11. The number of methoxy groups -OCH3 is 1. The zero-order valence-corrected chi connectivity index (χ0v) is 19.3. The minimum Gasteiger partial charge on any atom is -0.497 e. The molecular weight excluding hydrogens is 436 g/mol. The third-order valence-electron chi connectivity index (χ3n) is 5.97. The molecule has 0 bridgehead atoms. The van der Waals surface area contributed by atoms with E-state index in [9.17, 15) is 14.9 Å². The van der Waals surface area contributed by atoms with Crippen molar-refractivity contribution in [3.63, 3.8) is 0 Å². The summed E-state index contributed by atoms with van der Waals surface area (Å²) >= 11 is 1.51. The number of rotatable bonds is 7. The lowest BCUT2D eigenvalue weighted by molar-refractivity contribution is -0.130. The van der Waals surface area contributed by atoms with Crippen molar-refractivity contribution in [2.45, 2.75) is 31.1 Å². The van der Waals surface area contributed by atoms with Gasteiger partial charge in [0, 0.05) is 30.3 Å². The van der Waals surface area contributed by atoms with Gasteiger partial charge in [0.25, 0.3) is 0 Å². The Morgan fingerprint density at radius 2 is 2.09 bits per heavy atom. The topological polar surface area (TPSA) is 95.3 Å². The first-order valence-corrected chi connectivity index (χ1v) is 11.8. The lowest BCUT2D eigenvalue weighted by Crippen LogP contribution is -2.38. The number of aromatic nitrogens is 1. The summed E-state index contributed by atoms with van der Waals surface area (Å²) in [5, 5.41) is 12.5. The molecule has 0 fully saturated rings. The Morgan fingerprint density at radius 1 is 1.27 bits per heavy atom. The normalized spacial score (nSPS) is 19.6. The molecule has 2 aliphatic heterocycles. The minimum atomic E-state index is -0.358. The summed E-state index contributed by atoms with van der Waals surface area (Å²) < 4.78 is 5.23. The zero-order valence-electron chi connectivity index (χ0n) is 18.5. The molecule has 2 amide bonds. The number of thioether (sulfide) groups is 1. The van der Waals surface area contributed by atoms with Gasteiger partial charge in [-0.3, -0.25) is 14.6 Å². The van der Waals surface area contributed by atoms with Gasteiger partial charge in [0.05, 0.1) is 37.4 Å². The molecule has 2 aromatic rings. The molecule has 2 atom stereocenters. The first kappa shape index (κ1) is 22.9. The molecule has 3 heterocycles. The molecule has 1 aromatic heterocycles. The number of carbonyl (C=O) groups excluding carboxylic acids is 2. The van der Waals surface area contributed by atoms with Gasteiger partial charge in [0.1, 0.15) is 5.75 Å². The fraction of sp³-hybridized carbons (Fsp3) is 0.360. The summed E-state index contributed by atoms with van der Waals surface area (Å²) in [6.45, 7) is 1.09. The van der Waals surface area contributed by atoms with Crippen LogP contribution in [0.15, 0.2) is 59.3 Å². The van der Waals surface area contributed by atoms with Crippen LogP contribution in [-0.2, 0) is 22.4 Å². The third kappa shape index (κ3) is 5.55. The monoisotopic (exact) mass is 462 g/mol. The number of aryl methyl sites for hydroxylation is 1. The molecule has 7 nitrogen and oxygen atoms in total. The van der Waals surface area contributed by atoms with E-state index >= 15 is 0 Å². The molecule has 0 radical (unpaired) electrons. The van der Waals surface area contributed by atoms with Gasteiger partial charge in [-0.2, -0.15) is 5.26 Å². The first-order chi connectivity index (χ1) is 16.1. The standard InChI is InChI=1S/C25H26N4O3S/c1-32-19-4-2-3-17(13-19)5-6-23(30)28-25-21(15-26)20-9-12-29(16-22(20)33-25)24(31)14-18-7-10-27-11-8-18/h2-4,7-8,10-11,13,21,25H,5-6,9,12,14,16H2,1H3,(H,28,30). The van der Waals surface area contributed by atoms with Crippen LogP contribution in [0.4, 0.5) is 0 Å². The number of ether oxygens (including phenoxy) is 1. The number of nitriles is 1. The molecule has 8 heteroatoms. The van der Waals surface area contributed by atoms with Crippen LogP contribution in [0.1, 0.15) is 24.0 Å². The number of benzene rings is 1. The van der Waals surface area contributed by atoms with Crippen LogP contribution in [0.3, 0.4) is 0 Å². The van der Waals surface area contributed by atoms with Crippen molar-refractivity contribution in [1.82, 2.24) is 15.2 Å². The number of nitrogens with one attached hydrogen (secondary N) is 1. The second kappa shape index (κ2) is 10.5. The second-order valence-corrected chi connectivity index (χ2v) is 9.35. The third-order valence-corrected chi connectivity index (χ3v) is 7.29. The molecule has 2 aliphatic rings. The summed E-state index contributed by atoms with van der Waals surface area (Å²) in [5.74, 6) is 0.389. The maximum atomic E-state index is 12.8. The molecule has 0 saturated carbocycles. The largest absolute Gasteiger partial charge is 0.497 e. The average Bonchev–Trinajstić information content (AvgIpc) is 3.19. The van der Waals surface area contributed by atoms with Crippen molar-refractivity contribution in [2.75, 3.05) is 20.2 Å². The number of hydrogen-bond acceptors (Lipinski definition) is 6. The fourth-order valence-corrected chi connectivity index (χ4v) is 5.64. The van der Waals surface area contributed by atoms with E-state index in [1.807, 2.05) is 41.3 Å². The van der Waals surface area contributed by atoms with Crippen LogP contribution >= 0.6 is 11.8 Å². The van der Waals surface area contributed by atoms with Crippen molar-refractivity contribution in [1.29, 1.82) is 5.26 Å². The van der Waals surface area contributed by atoms with E-state index in [1.54, 1.807) is 19.5 Å². The number of amides is 2. The Labute approximate surface area is 197 Å². The van der Waals surface area contributed by atoms with Crippen LogP contribution in [0.5, 0.6) is 5.75 Å². The molecule has 0 aliphatic carbocycles. The van der Waals surface area contributed by atoms with Gasteiger partial charge in [-0.05, 0) is 53.8 Å². The highest BCUT2D eigenvalue weighted by Crippen LogP contribution is 2.44. The van der Waals surface area contributed by atoms with E-state index in [0.717, 1.165) is 27.4 Å². The van der Waals surface area contributed by atoms with Gasteiger partial charge in [-0.25, -0.2) is 0 Å².